The van der Waals surface area contributed by atoms with Gasteiger partial charge in [-0.05, 0) is 35.2 Å². The van der Waals surface area contributed by atoms with Crippen LogP contribution in [0.5, 0.6) is 0 Å². The van der Waals surface area contributed by atoms with Crippen LogP contribution in [0.25, 0.3) is 0 Å². The van der Waals surface area contributed by atoms with Crippen LogP contribution in [-0.4, -0.2) is 46.3 Å². The first-order valence-electron chi connectivity index (χ1n) is 9.38. The van der Waals surface area contributed by atoms with Crippen LogP contribution in [0, 0.1) is 12.3 Å². The van der Waals surface area contributed by atoms with E-state index in [1.165, 1.54) is 11.1 Å². The molecule has 0 radical (unpaired) electrons. The molecular weight excluding hydrogens is 370 g/mol. The second-order valence-electron chi connectivity index (χ2n) is 7.30. The highest BCUT2D eigenvalue weighted by molar-refractivity contribution is 7.89. The van der Waals surface area contributed by atoms with Crippen molar-refractivity contribution in [3.8, 4) is 12.3 Å². The van der Waals surface area contributed by atoms with Crippen LogP contribution in [0.15, 0.2) is 48.5 Å². The van der Waals surface area contributed by atoms with Crippen molar-refractivity contribution >= 4 is 15.7 Å². The fraction of sp³-hybridized carbons (Fsp3) is 0.364. The van der Waals surface area contributed by atoms with E-state index in [0.29, 0.717) is 6.54 Å². The highest BCUT2D eigenvalue weighted by Gasteiger charge is 2.26. The first-order chi connectivity index (χ1) is 13.4. The molecule has 0 fully saturated rings. The van der Waals surface area contributed by atoms with Crippen molar-refractivity contribution in [1.29, 1.82) is 0 Å². The van der Waals surface area contributed by atoms with Crippen molar-refractivity contribution < 1.29 is 8.42 Å². The molecule has 3 rings (SSSR count). The van der Waals surface area contributed by atoms with Crippen LogP contribution < -0.4 is 9.62 Å². The van der Waals surface area contributed by atoms with Crippen LogP contribution in [0.4, 0.5) is 5.69 Å². The summed E-state index contributed by atoms with van der Waals surface area (Å²) < 4.78 is 26.9. The predicted octanol–water partition coefficient (Wildman–Crippen LogP) is 2.40. The Bertz CT molecular complexity index is 946. The molecule has 2 aromatic rings. The number of hydrogen-bond donors (Lipinski definition) is 1. The summed E-state index contributed by atoms with van der Waals surface area (Å²) in [6, 6.07) is 16.7. The van der Waals surface area contributed by atoms with Crippen molar-refractivity contribution in [2.45, 2.75) is 19.0 Å². The van der Waals surface area contributed by atoms with Gasteiger partial charge in [0.05, 0.1) is 0 Å². The summed E-state index contributed by atoms with van der Waals surface area (Å²) >= 11 is 0. The van der Waals surface area contributed by atoms with Crippen molar-refractivity contribution in [1.82, 2.24) is 9.62 Å². The van der Waals surface area contributed by atoms with Crippen LogP contribution in [0.2, 0.25) is 0 Å². The molecule has 0 spiro atoms. The number of rotatable bonds is 7. The SMILES string of the molecule is C#CCS(=O)(=O)NC[C@H](c1ccc(N(C)C)cc1)N1CCc2ccccc2C1. The zero-order chi connectivity index (χ0) is 20.1. The zero-order valence-corrected chi connectivity index (χ0v) is 17.2. The minimum Gasteiger partial charge on any atom is -0.378 e. The molecule has 1 atom stereocenters. The number of sulfonamides is 1. The Balaban J connectivity index is 1.85. The number of benzene rings is 2. The third kappa shape index (κ3) is 4.93. The molecule has 0 bridgehead atoms. The highest BCUT2D eigenvalue weighted by atomic mass is 32.2. The summed E-state index contributed by atoms with van der Waals surface area (Å²) in [5.74, 6) is 1.91. The Morgan fingerprint density at radius 3 is 2.46 bits per heavy atom. The third-order valence-electron chi connectivity index (χ3n) is 5.17. The Kier molecular flexibility index (Phi) is 6.40. The largest absolute Gasteiger partial charge is 0.378 e. The molecule has 148 valence electrons. The standard InChI is InChI=1S/C22H27N3O2S/c1-4-15-28(26,27)23-16-22(19-9-11-21(12-10-19)24(2)3)25-14-13-18-7-5-6-8-20(18)17-25/h1,5-12,22-23H,13-17H2,2-3H3/t22-/m1/s1. The maximum atomic E-state index is 12.1. The average Bonchev–Trinajstić information content (AvgIpc) is 2.68. The van der Waals surface area contributed by atoms with E-state index in [1.807, 2.05) is 19.0 Å². The second-order valence-corrected chi connectivity index (χ2v) is 9.11. The molecule has 1 heterocycles. The smallest absolute Gasteiger partial charge is 0.222 e. The molecule has 0 amide bonds. The van der Waals surface area contributed by atoms with Gasteiger partial charge < -0.3 is 4.90 Å². The second kappa shape index (κ2) is 8.78. The fourth-order valence-corrected chi connectivity index (χ4v) is 4.34. The van der Waals surface area contributed by atoms with E-state index < -0.39 is 10.0 Å². The Labute approximate surface area is 168 Å². The molecule has 0 unspecified atom stereocenters. The summed E-state index contributed by atoms with van der Waals surface area (Å²) in [4.78, 5) is 4.39. The van der Waals surface area contributed by atoms with Gasteiger partial charge in [-0.15, -0.1) is 6.42 Å². The van der Waals surface area contributed by atoms with Gasteiger partial charge >= 0.3 is 0 Å². The zero-order valence-electron chi connectivity index (χ0n) is 16.4. The van der Waals surface area contributed by atoms with Gasteiger partial charge in [0.25, 0.3) is 0 Å². The number of anilines is 1. The van der Waals surface area contributed by atoms with E-state index in [4.69, 9.17) is 6.42 Å². The topological polar surface area (TPSA) is 52.7 Å². The predicted molar refractivity (Wildman–Crippen MR) is 115 cm³/mol. The number of hydrogen-bond acceptors (Lipinski definition) is 4. The molecule has 1 N–H and O–H groups in total. The first kappa shape index (κ1) is 20.4. The summed E-state index contributed by atoms with van der Waals surface area (Å²) in [7, 11) is 0.527. The maximum absolute atomic E-state index is 12.1. The van der Waals surface area contributed by atoms with Gasteiger partial charge in [0.15, 0.2) is 0 Å². The third-order valence-corrected chi connectivity index (χ3v) is 6.32. The van der Waals surface area contributed by atoms with Gasteiger partial charge in [-0.1, -0.05) is 42.3 Å². The molecule has 0 saturated carbocycles. The molecule has 5 nitrogen and oxygen atoms in total. The summed E-state index contributed by atoms with van der Waals surface area (Å²) in [5.41, 5.74) is 4.87. The number of terminal acetylenes is 1. The lowest BCUT2D eigenvalue weighted by Crippen LogP contribution is -2.41. The normalized spacial score (nSPS) is 15.5. The van der Waals surface area contributed by atoms with Gasteiger partial charge in [0.1, 0.15) is 5.75 Å². The lowest BCUT2D eigenvalue weighted by molar-refractivity contribution is 0.180. The van der Waals surface area contributed by atoms with E-state index in [0.717, 1.165) is 30.8 Å². The average molecular weight is 398 g/mol. The highest BCUT2D eigenvalue weighted by Crippen LogP contribution is 2.28. The number of nitrogens with zero attached hydrogens (tertiary/aromatic N) is 2. The molecule has 6 heteroatoms. The van der Waals surface area contributed by atoms with Gasteiger partial charge in [0.2, 0.25) is 10.0 Å². The molecule has 28 heavy (non-hydrogen) atoms. The summed E-state index contributed by atoms with van der Waals surface area (Å²) in [6.45, 7) is 1.98. The Morgan fingerprint density at radius 1 is 1.14 bits per heavy atom. The lowest BCUT2D eigenvalue weighted by Gasteiger charge is -2.36. The summed E-state index contributed by atoms with van der Waals surface area (Å²) in [6.07, 6.45) is 6.15. The molecular formula is C22H27N3O2S. The quantitative estimate of drug-likeness (QED) is 0.729. The van der Waals surface area contributed by atoms with E-state index in [9.17, 15) is 8.42 Å². The van der Waals surface area contributed by atoms with Gasteiger partial charge in [-0.25, -0.2) is 13.1 Å². The fourth-order valence-electron chi connectivity index (χ4n) is 3.60. The van der Waals surface area contributed by atoms with Gasteiger partial charge in [-0.2, -0.15) is 0 Å². The van der Waals surface area contributed by atoms with Crippen molar-refractivity contribution in [2.24, 2.45) is 0 Å². The van der Waals surface area contributed by atoms with Crippen LogP contribution >= 0.6 is 0 Å². The molecule has 1 aliphatic rings. The minimum absolute atomic E-state index is 0.0582. The molecule has 0 aliphatic carbocycles. The molecule has 0 aromatic heterocycles. The van der Waals surface area contributed by atoms with Crippen LogP contribution in [-0.2, 0) is 23.0 Å². The van der Waals surface area contributed by atoms with E-state index in [-0.39, 0.29) is 11.8 Å². The summed E-state index contributed by atoms with van der Waals surface area (Å²) in [5, 5.41) is 0. The van der Waals surface area contributed by atoms with Gasteiger partial charge in [0, 0.05) is 45.5 Å². The van der Waals surface area contributed by atoms with Crippen LogP contribution in [0.1, 0.15) is 22.7 Å². The minimum atomic E-state index is -3.48. The van der Waals surface area contributed by atoms with Gasteiger partial charge in [-0.3, -0.25) is 4.90 Å². The first-order valence-corrected chi connectivity index (χ1v) is 11.0. The lowest BCUT2D eigenvalue weighted by atomic mass is 9.96. The monoisotopic (exact) mass is 397 g/mol. The Morgan fingerprint density at radius 2 is 1.82 bits per heavy atom. The van der Waals surface area contributed by atoms with Crippen molar-refractivity contribution in [3.05, 3.63) is 65.2 Å². The van der Waals surface area contributed by atoms with E-state index >= 15 is 0 Å². The number of nitrogens with one attached hydrogen (secondary N) is 1. The van der Waals surface area contributed by atoms with E-state index in [2.05, 4.69) is 64.1 Å². The molecule has 1 aliphatic heterocycles. The van der Waals surface area contributed by atoms with Crippen molar-refractivity contribution in [2.75, 3.05) is 37.8 Å². The Hall–Kier alpha value is -2.33. The molecule has 2 aromatic carbocycles. The maximum Gasteiger partial charge on any atom is 0.222 e. The number of fused-ring (bicyclic) bond motifs is 1. The van der Waals surface area contributed by atoms with E-state index in [1.54, 1.807) is 0 Å². The van der Waals surface area contributed by atoms with Crippen molar-refractivity contribution in [3.63, 3.8) is 0 Å². The molecule has 0 saturated heterocycles. The van der Waals surface area contributed by atoms with Crippen LogP contribution in [0.3, 0.4) is 0 Å².